The van der Waals surface area contributed by atoms with Gasteiger partial charge in [-0.3, -0.25) is 19.4 Å². The number of piperidine rings is 1. The number of carboxylic acids is 1. The lowest BCUT2D eigenvalue weighted by atomic mass is 9.82. The van der Waals surface area contributed by atoms with Gasteiger partial charge < -0.3 is 15.3 Å². The van der Waals surface area contributed by atoms with E-state index in [2.05, 4.69) is 10.3 Å². The Kier molecular flexibility index (Phi) is 5.31. The molecule has 0 unspecified atom stereocenters. The minimum absolute atomic E-state index is 0.00209. The number of aliphatic carboxylic acids is 1. The molecule has 0 aromatic carbocycles. The molecule has 2 fully saturated rings. The van der Waals surface area contributed by atoms with Crippen molar-refractivity contribution >= 4 is 17.8 Å². The minimum atomic E-state index is -0.948. The van der Waals surface area contributed by atoms with E-state index in [1.54, 1.807) is 23.4 Å². The van der Waals surface area contributed by atoms with Crippen LogP contribution >= 0.6 is 0 Å². The number of likely N-dealkylation sites (tertiary alicyclic amines) is 1. The number of nitrogens with one attached hydrogen (secondary N) is 1. The van der Waals surface area contributed by atoms with Crippen LogP contribution in [0.1, 0.15) is 31.2 Å². The molecule has 7 heteroatoms. The molecule has 1 aromatic rings. The third kappa shape index (κ3) is 4.15. The standard InChI is InChI=1S/C18H23N3O4/c22-16(20-9-12-3-2-6-19-8-12)14-7-15(18(24)25)11-21(10-14)17(23)13-4-1-5-13/h2-3,6,8,13-15H,1,4-5,7,9-11H2,(H,20,22)(H,24,25)/t14-,15-/m0/s1. The Morgan fingerprint density at radius 1 is 1.20 bits per heavy atom. The molecule has 0 radical (unpaired) electrons. The van der Waals surface area contributed by atoms with Gasteiger partial charge in [0, 0.05) is 37.9 Å². The molecule has 7 nitrogen and oxygen atoms in total. The van der Waals surface area contributed by atoms with Gasteiger partial charge in [0.1, 0.15) is 0 Å². The fourth-order valence-electron chi connectivity index (χ4n) is 3.40. The van der Waals surface area contributed by atoms with Gasteiger partial charge in [-0.2, -0.15) is 0 Å². The van der Waals surface area contributed by atoms with Crippen LogP contribution < -0.4 is 5.32 Å². The van der Waals surface area contributed by atoms with E-state index in [1.807, 2.05) is 6.07 Å². The Morgan fingerprint density at radius 2 is 1.96 bits per heavy atom. The Hall–Kier alpha value is -2.44. The number of aromatic nitrogens is 1. The SMILES string of the molecule is O=C(O)[C@H]1C[C@H](C(=O)NCc2cccnc2)CN(C(=O)C2CCC2)C1. The third-order valence-electron chi connectivity index (χ3n) is 5.13. The van der Waals surface area contributed by atoms with Crippen molar-refractivity contribution in [1.29, 1.82) is 0 Å². The smallest absolute Gasteiger partial charge is 0.308 e. The monoisotopic (exact) mass is 345 g/mol. The van der Waals surface area contributed by atoms with Crippen LogP contribution in [0.2, 0.25) is 0 Å². The van der Waals surface area contributed by atoms with Crippen molar-refractivity contribution in [2.75, 3.05) is 13.1 Å². The summed E-state index contributed by atoms with van der Waals surface area (Å²) in [6.07, 6.45) is 6.38. The molecule has 2 N–H and O–H groups in total. The zero-order chi connectivity index (χ0) is 17.8. The summed E-state index contributed by atoms with van der Waals surface area (Å²) in [6.45, 7) is 0.854. The first kappa shape index (κ1) is 17.4. The molecule has 1 aromatic heterocycles. The van der Waals surface area contributed by atoms with Crippen molar-refractivity contribution in [3.8, 4) is 0 Å². The molecule has 3 rings (SSSR count). The normalized spacial score (nSPS) is 23.6. The van der Waals surface area contributed by atoms with E-state index in [0.29, 0.717) is 13.1 Å². The molecule has 1 aliphatic carbocycles. The summed E-state index contributed by atoms with van der Waals surface area (Å²) in [7, 11) is 0. The second kappa shape index (κ2) is 7.63. The Bertz CT molecular complexity index is 645. The van der Waals surface area contributed by atoms with E-state index in [0.717, 1.165) is 24.8 Å². The van der Waals surface area contributed by atoms with Crippen molar-refractivity contribution in [2.24, 2.45) is 17.8 Å². The number of hydrogen-bond donors (Lipinski definition) is 2. The molecule has 2 amide bonds. The second-order valence-electron chi connectivity index (χ2n) is 6.92. The summed E-state index contributed by atoms with van der Waals surface area (Å²) in [5.74, 6) is -2.33. The number of pyridine rings is 1. The van der Waals surface area contributed by atoms with Gasteiger partial charge in [-0.25, -0.2) is 0 Å². The fraction of sp³-hybridized carbons (Fsp3) is 0.556. The van der Waals surface area contributed by atoms with Crippen LogP contribution in [0.25, 0.3) is 0 Å². The van der Waals surface area contributed by atoms with Crippen LogP contribution in [0.5, 0.6) is 0 Å². The molecule has 1 saturated heterocycles. The van der Waals surface area contributed by atoms with Crippen molar-refractivity contribution < 1.29 is 19.5 Å². The molecule has 25 heavy (non-hydrogen) atoms. The number of carbonyl (C=O) groups is 3. The van der Waals surface area contributed by atoms with E-state index in [9.17, 15) is 19.5 Å². The number of hydrogen-bond acceptors (Lipinski definition) is 4. The molecule has 134 valence electrons. The minimum Gasteiger partial charge on any atom is -0.481 e. The first-order chi connectivity index (χ1) is 12.0. The van der Waals surface area contributed by atoms with Gasteiger partial charge in [0.2, 0.25) is 11.8 Å². The van der Waals surface area contributed by atoms with Crippen molar-refractivity contribution in [2.45, 2.75) is 32.2 Å². The first-order valence-corrected chi connectivity index (χ1v) is 8.73. The molecule has 0 bridgehead atoms. The van der Waals surface area contributed by atoms with E-state index < -0.39 is 17.8 Å². The van der Waals surface area contributed by atoms with Crippen molar-refractivity contribution in [3.05, 3.63) is 30.1 Å². The zero-order valence-corrected chi connectivity index (χ0v) is 14.1. The van der Waals surface area contributed by atoms with Gasteiger partial charge in [0.05, 0.1) is 11.8 Å². The molecular weight excluding hydrogens is 322 g/mol. The van der Waals surface area contributed by atoms with Crippen LogP contribution in [0.3, 0.4) is 0 Å². The fourth-order valence-corrected chi connectivity index (χ4v) is 3.40. The van der Waals surface area contributed by atoms with Crippen LogP contribution in [0.4, 0.5) is 0 Å². The molecule has 2 atom stereocenters. The van der Waals surface area contributed by atoms with Crippen LogP contribution in [-0.2, 0) is 20.9 Å². The summed E-state index contributed by atoms with van der Waals surface area (Å²) in [5.41, 5.74) is 0.879. The number of carboxylic acid groups (broad SMARTS) is 1. The lowest BCUT2D eigenvalue weighted by Gasteiger charge is -2.39. The number of amides is 2. The zero-order valence-electron chi connectivity index (χ0n) is 14.1. The topological polar surface area (TPSA) is 99.6 Å². The second-order valence-corrected chi connectivity index (χ2v) is 6.92. The van der Waals surface area contributed by atoms with Gasteiger partial charge in [-0.15, -0.1) is 0 Å². The highest BCUT2D eigenvalue weighted by molar-refractivity contribution is 5.84. The Morgan fingerprint density at radius 3 is 2.56 bits per heavy atom. The average molecular weight is 345 g/mol. The van der Waals surface area contributed by atoms with Crippen molar-refractivity contribution in [3.63, 3.8) is 0 Å². The van der Waals surface area contributed by atoms with Gasteiger partial charge in [-0.05, 0) is 30.9 Å². The quantitative estimate of drug-likeness (QED) is 0.831. The molecule has 1 saturated carbocycles. The lowest BCUT2D eigenvalue weighted by Crippen LogP contribution is -2.52. The lowest BCUT2D eigenvalue weighted by molar-refractivity contribution is -0.150. The van der Waals surface area contributed by atoms with Gasteiger partial charge in [0.25, 0.3) is 0 Å². The van der Waals surface area contributed by atoms with E-state index in [4.69, 9.17) is 0 Å². The summed E-state index contributed by atoms with van der Waals surface area (Å²) < 4.78 is 0. The number of rotatable bonds is 5. The largest absolute Gasteiger partial charge is 0.481 e. The predicted octanol–water partition coefficient (Wildman–Crippen LogP) is 1.05. The highest BCUT2D eigenvalue weighted by Crippen LogP contribution is 2.31. The van der Waals surface area contributed by atoms with Crippen LogP contribution in [0.15, 0.2) is 24.5 Å². The van der Waals surface area contributed by atoms with E-state index in [1.165, 1.54) is 0 Å². The maximum Gasteiger partial charge on any atom is 0.308 e. The summed E-state index contributed by atoms with van der Waals surface area (Å²) >= 11 is 0. The molecular formula is C18H23N3O4. The number of nitrogens with zero attached hydrogens (tertiary/aromatic N) is 2. The van der Waals surface area contributed by atoms with Crippen LogP contribution in [0, 0.1) is 17.8 Å². The Labute approximate surface area is 146 Å². The third-order valence-corrected chi connectivity index (χ3v) is 5.13. The van der Waals surface area contributed by atoms with E-state index >= 15 is 0 Å². The van der Waals surface area contributed by atoms with Gasteiger partial charge in [0.15, 0.2) is 0 Å². The highest BCUT2D eigenvalue weighted by atomic mass is 16.4. The average Bonchev–Trinajstić information content (AvgIpc) is 2.58. The van der Waals surface area contributed by atoms with Gasteiger partial charge >= 0.3 is 5.97 Å². The maximum atomic E-state index is 12.5. The highest BCUT2D eigenvalue weighted by Gasteiger charge is 2.39. The summed E-state index contributed by atoms with van der Waals surface area (Å²) in [5, 5.41) is 12.2. The summed E-state index contributed by atoms with van der Waals surface area (Å²) in [4.78, 5) is 42.0. The van der Waals surface area contributed by atoms with Gasteiger partial charge in [-0.1, -0.05) is 12.5 Å². The summed E-state index contributed by atoms with van der Waals surface area (Å²) in [6, 6.07) is 3.65. The molecule has 2 heterocycles. The molecule has 1 aliphatic heterocycles. The van der Waals surface area contributed by atoms with E-state index in [-0.39, 0.29) is 30.7 Å². The molecule has 2 aliphatic rings. The Balaban J connectivity index is 1.62. The first-order valence-electron chi connectivity index (χ1n) is 8.73. The number of carbonyl (C=O) groups excluding carboxylic acids is 2. The van der Waals surface area contributed by atoms with Crippen LogP contribution in [-0.4, -0.2) is 45.9 Å². The maximum absolute atomic E-state index is 12.5. The molecule has 0 spiro atoms. The van der Waals surface area contributed by atoms with Crippen molar-refractivity contribution in [1.82, 2.24) is 15.2 Å². The predicted molar refractivity (Wildman–Crippen MR) is 89.2 cm³/mol.